The van der Waals surface area contributed by atoms with Crippen molar-refractivity contribution in [3.05, 3.63) is 0 Å². The first-order chi connectivity index (χ1) is 5.81. The SMILES string of the molecule is CCCCCCCC(=O)CCC. The lowest BCUT2D eigenvalue weighted by molar-refractivity contribution is -0.119. The van der Waals surface area contributed by atoms with Crippen LogP contribution >= 0.6 is 0 Å². The van der Waals surface area contributed by atoms with Crippen molar-refractivity contribution in [2.45, 2.75) is 65.2 Å². The summed E-state index contributed by atoms with van der Waals surface area (Å²) in [6, 6.07) is 0. The smallest absolute Gasteiger partial charge is 0.132 e. The van der Waals surface area contributed by atoms with Crippen molar-refractivity contribution in [3.63, 3.8) is 0 Å². The first-order valence-electron chi connectivity index (χ1n) is 5.33. The molecule has 0 aromatic heterocycles. The molecule has 1 nitrogen and oxygen atoms in total. The summed E-state index contributed by atoms with van der Waals surface area (Å²) in [5.74, 6) is 0.453. The van der Waals surface area contributed by atoms with Gasteiger partial charge in [-0.25, -0.2) is 0 Å². The zero-order valence-electron chi connectivity index (χ0n) is 8.57. The Hall–Kier alpha value is -0.330. The van der Waals surface area contributed by atoms with E-state index >= 15 is 0 Å². The molecule has 0 spiro atoms. The lowest BCUT2D eigenvalue weighted by atomic mass is 10.1. The molecule has 0 N–H and O–H groups in total. The van der Waals surface area contributed by atoms with E-state index in [1.807, 2.05) is 0 Å². The first-order valence-corrected chi connectivity index (χ1v) is 5.33. The van der Waals surface area contributed by atoms with Gasteiger partial charge in [0.25, 0.3) is 0 Å². The van der Waals surface area contributed by atoms with E-state index < -0.39 is 0 Å². The van der Waals surface area contributed by atoms with Gasteiger partial charge in [-0.2, -0.15) is 0 Å². The maximum Gasteiger partial charge on any atom is 0.132 e. The summed E-state index contributed by atoms with van der Waals surface area (Å²) in [5.41, 5.74) is 0. The monoisotopic (exact) mass is 170 g/mol. The molecular formula is C11H22O. The molecular weight excluding hydrogens is 148 g/mol. The maximum atomic E-state index is 11.1. The largest absolute Gasteiger partial charge is 0.300 e. The predicted molar refractivity (Wildman–Crippen MR) is 53.3 cm³/mol. The quantitative estimate of drug-likeness (QED) is 0.507. The van der Waals surface area contributed by atoms with Crippen LogP contribution in [0.5, 0.6) is 0 Å². The highest BCUT2D eigenvalue weighted by Gasteiger charge is 1.98. The molecule has 0 rings (SSSR count). The average Bonchev–Trinajstić information content (AvgIpc) is 2.05. The number of ketones is 1. The predicted octanol–water partition coefficient (Wildman–Crippen LogP) is 3.72. The molecule has 0 radical (unpaired) electrons. The number of unbranched alkanes of at least 4 members (excludes halogenated alkanes) is 4. The van der Waals surface area contributed by atoms with Gasteiger partial charge in [-0.15, -0.1) is 0 Å². The first kappa shape index (κ1) is 11.7. The number of rotatable bonds is 8. The van der Waals surface area contributed by atoms with Crippen LogP contribution in [0.3, 0.4) is 0 Å². The Labute approximate surface area is 76.6 Å². The standard InChI is InChI=1S/C11H22O/c1-3-5-6-7-8-10-11(12)9-4-2/h3-10H2,1-2H3. The average molecular weight is 170 g/mol. The zero-order chi connectivity index (χ0) is 9.23. The Kier molecular flexibility index (Phi) is 8.52. The van der Waals surface area contributed by atoms with Gasteiger partial charge in [0.1, 0.15) is 5.78 Å². The van der Waals surface area contributed by atoms with Crippen LogP contribution in [0.25, 0.3) is 0 Å². The molecule has 72 valence electrons. The number of carbonyl (C=O) groups excluding carboxylic acids is 1. The molecule has 0 amide bonds. The van der Waals surface area contributed by atoms with Crippen LogP contribution in [0.1, 0.15) is 65.2 Å². The van der Waals surface area contributed by atoms with Gasteiger partial charge in [0.2, 0.25) is 0 Å². The number of hydrogen-bond donors (Lipinski definition) is 0. The lowest BCUT2D eigenvalue weighted by Gasteiger charge is -1.98. The Morgan fingerprint density at radius 3 is 2.08 bits per heavy atom. The van der Waals surface area contributed by atoms with Crippen molar-refractivity contribution in [1.29, 1.82) is 0 Å². The minimum Gasteiger partial charge on any atom is -0.300 e. The van der Waals surface area contributed by atoms with Crippen molar-refractivity contribution in [2.75, 3.05) is 0 Å². The fraction of sp³-hybridized carbons (Fsp3) is 0.909. The van der Waals surface area contributed by atoms with Crippen LogP contribution in [0.2, 0.25) is 0 Å². The van der Waals surface area contributed by atoms with Gasteiger partial charge in [-0.05, 0) is 12.8 Å². The molecule has 0 heterocycles. The molecule has 0 aromatic rings. The van der Waals surface area contributed by atoms with Crippen LogP contribution in [-0.4, -0.2) is 5.78 Å². The van der Waals surface area contributed by atoms with Crippen molar-refractivity contribution in [3.8, 4) is 0 Å². The highest BCUT2D eigenvalue weighted by Crippen LogP contribution is 2.06. The van der Waals surface area contributed by atoms with Crippen LogP contribution < -0.4 is 0 Å². The topological polar surface area (TPSA) is 17.1 Å². The lowest BCUT2D eigenvalue weighted by Crippen LogP contribution is -1.95. The van der Waals surface area contributed by atoms with Gasteiger partial charge in [-0.3, -0.25) is 4.79 Å². The number of hydrogen-bond acceptors (Lipinski definition) is 1. The molecule has 12 heavy (non-hydrogen) atoms. The van der Waals surface area contributed by atoms with E-state index in [1.165, 1.54) is 25.7 Å². The van der Waals surface area contributed by atoms with E-state index in [9.17, 15) is 4.79 Å². The third-order valence-corrected chi connectivity index (χ3v) is 2.09. The molecule has 0 bridgehead atoms. The summed E-state index contributed by atoms with van der Waals surface area (Å²) in [7, 11) is 0. The fourth-order valence-corrected chi connectivity index (χ4v) is 1.33. The van der Waals surface area contributed by atoms with Crippen LogP contribution in [-0.2, 0) is 4.79 Å². The molecule has 1 heteroatoms. The zero-order valence-corrected chi connectivity index (χ0v) is 8.57. The van der Waals surface area contributed by atoms with E-state index in [0.29, 0.717) is 5.78 Å². The Bertz CT molecular complexity index is 108. The van der Waals surface area contributed by atoms with Gasteiger partial charge >= 0.3 is 0 Å². The summed E-state index contributed by atoms with van der Waals surface area (Å²) >= 11 is 0. The summed E-state index contributed by atoms with van der Waals surface area (Å²) in [4.78, 5) is 11.1. The minimum absolute atomic E-state index is 0.453. The van der Waals surface area contributed by atoms with Gasteiger partial charge in [0.15, 0.2) is 0 Å². The second-order valence-electron chi connectivity index (χ2n) is 3.45. The maximum absolute atomic E-state index is 11.1. The van der Waals surface area contributed by atoms with E-state index in [-0.39, 0.29) is 0 Å². The summed E-state index contributed by atoms with van der Waals surface area (Å²) in [6.07, 6.45) is 8.86. The Balaban J connectivity index is 3.03. The minimum atomic E-state index is 0.453. The third kappa shape index (κ3) is 7.77. The van der Waals surface area contributed by atoms with Crippen molar-refractivity contribution >= 4 is 5.78 Å². The molecule has 0 aliphatic heterocycles. The van der Waals surface area contributed by atoms with Crippen molar-refractivity contribution < 1.29 is 4.79 Å². The van der Waals surface area contributed by atoms with Crippen LogP contribution in [0, 0.1) is 0 Å². The third-order valence-electron chi connectivity index (χ3n) is 2.09. The van der Waals surface area contributed by atoms with E-state index in [0.717, 1.165) is 25.7 Å². The molecule has 0 fully saturated rings. The highest BCUT2D eigenvalue weighted by molar-refractivity contribution is 5.78. The molecule has 0 unspecified atom stereocenters. The van der Waals surface area contributed by atoms with E-state index in [2.05, 4.69) is 13.8 Å². The Morgan fingerprint density at radius 1 is 0.833 bits per heavy atom. The summed E-state index contributed by atoms with van der Waals surface area (Å²) < 4.78 is 0. The normalized spacial score (nSPS) is 10.2. The van der Waals surface area contributed by atoms with Crippen LogP contribution in [0.4, 0.5) is 0 Å². The second kappa shape index (κ2) is 8.76. The van der Waals surface area contributed by atoms with Crippen molar-refractivity contribution in [2.24, 2.45) is 0 Å². The molecule has 0 aliphatic rings. The molecule has 0 saturated carbocycles. The molecule has 0 atom stereocenters. The molecule has 0 aromatic carbocycles. The van der Waals surface area contributed by atoms with E-state index in [1.54, 1.807) is 0 Å². The molecule has 0 aliphatic carbocycles. The van der Waals surface area contributed by atoms with Gasteiger partial charge in [0, 0.05) is 12.8 Å². The van der Waals surface area contributed by atoms with E-state index in [4.69, 9.17) is 0 Å². The van der Waals surface area contributed by atoms with Gasteiger partial charge < -0.3 is 0 Å². The van der Waals surface area contributed by atoms with Gasteiger partial charge in [-0.1, -0.05) is 39.5 Å². The summed E-state index contributed by atoms with van der Waals surface area (Å²) in [6.45, 7) is 4.28. The number of Topliss-reactive ketones (excluding diaryl/α,β-unsaturated/α-hetero) is 1. The highest BCUT2D eigenvalue weighted by atomic mass is 16.1. The van der Waals surface area contributed by atoms with Crippen molar-refractivity contribution in [1.82, 2.24) is 0 Å². The second-order valence-corrected chi connectivity index (χ2v) is 3.45. The Morgan fingerprint density at radius 2 is 1.50 bits per heavy atom. The summed E-state index contributed by atoms with van der Waals surface area (Å²) in [5, 5.41) is 0. The molecule has 0 saturated heterocycles. The van der Waals surface area contributed by atoms with Gasteiger partial charge in [0.05, 0.1) is 0 Å². The van der Waals surface area contributed by atoms with Crippen LogP contribution in [0.15, 0.2) is 0 Å². The number of carbonyl (C=O) groups is 1. The fourth-order valence-electron chi connectivity index (χ4n) is 1.33.